The van der Waals surface area contributed by atoms with Gasteiger partial charge in [-0.1, -0.05) is 6.07 Å². The second-order valence-electron chi connectivity index (χ2n) is 6.09. The van der Waals surface area contributed by atoms with E-state index in [4.69, 9.17) is 0 Å². The summed E-state index contributed by atoms with van der Waals surface area (Å²) in [5.41, 5.74) is 0. The van der Waals surface area contributed by atoms with Crippen molar-refractivity contribution >= 4 is 17.2 Å². The zero-order valence-corrected chi connectivity index (χ0v) is 13.4. The van der Waals surface area contributed by atoms with Gasteiger partial charge in [-0.25, -0.2) is 0 Å². The summed E-state index contributed by atoms with van der Waals surface area (Å²) in [7, 11) is 0. The van der Waals surface area contributed by atoms with Crippen LogP contribution < -0.4 is 5.32 Å². The summed E-state index contributed by atoms with van der Waals surface area (Å²) in [5, 5.41) is 5.56. The molecule has 0 aromatic carbocycles. The lowest BCUT2D eigenvalue weighted by Crippen LogP contribution is -2.38. The quantitative estimate of drug-likeness (QED) is 0.923. The van der Waals surface area contributed by atoms with E-state index >= 15 is 0 Å². The van der Waals surface area contributed by atoms with Gasteiger partial charge in [-0.3, -0.25) is 9.69 Å². The molecule has 4 nitrogen and oxygen atoms in total. The topological polar surface area (TPSA) is 35.6 Å². The molecule has 1 amide bonds. The average molecular weight is 307 g/mol. The molecule has 1 atom stereocenters. The molecular weight excluding hydrogens is 282 g/mol. The van der Waals surface area contributed by atoms with Crippen molar-refractivity contribution in [3.63, 3.8) is 0 Å². The standard InChI is InChI=1S/C16H25N3OS/c20-16(12-14-4-1-6-17-14)19-8-3-7-18(9-10-19)13-15-5-2-11-21-15/h2,5,11,14,17H,1,3-4,6-10,12-13H2. The second kappa shape index (κ2) is 7.38. The molecule has 1 aromatic rings. The first-order chi connectivity index (χ1) is 10.3. The van der Waals surface area contributed by atoms with Crippen molar-refractivity contribution in [2.24, 2.45) is 0 Å². The summed E-state index contributed by atoms with van der Waals surface area (Å²) in [6.07, 6.45) is 4.15. The number of nitrogens with zero attached hydrogens (tertiary/aromatic N) is 2. The molecule has 0 spiro atoms. The van der Waals surface area contributed by atoms with Crippen LogP contribution in [-0.4, -0.2) is 54.5 Å². The van der Waals surface area contributed by atoms with Crippen molar-refractivity contribution in [3.05, 3.63) is 22.4 Å². The van der Waals surface area contributed by atoms with E-state index in [-0.39, 0.29) is 0 Å². The molecule has 0 bridgehead atoms. The Kier molecular flexibility index (Phi) is 5.27. The minimum absolute atomic E-state index is 0.340. The van der Waals surface area contributed by atoms with Crippen LogP contribution >= 0.6 is 11.3 Å². The molecule has 5 heteroatoms. The largest absolute Gasteiger partial charge is 0.341 e. The van der Waals surface area contributed by atoms with Gasteiger partial charge in [0.15, 0.2) is 0 Å². The maximum atomic E-state index is 12.4. The van der Waals surface area contributed by atoms with Crippen molar-refractivity contribution < 1.29 is 4.79 Å². The predicted molar refractivity (Wildman–Crippen MR) is 86.4 cm³/mol. The molecule has 0 aliphatic carbocycles. The Labute approximate surface area is 131 Å². The highest BCUT2D eigenvalue weighted by molar-refractivity contribution is 7.09. The minimum atomic E-state index is 0.340. The number of amides is 1. The van der Waals surface area contributed by atoms with E-state index in [1.165, 1.54) is 11.3 Å². The van der Waals surface area contributed by atoms with Crippen molar-refractivity contribution in [3.8, 4) is 0 Å². The Hall–Kier alpha value is -0.910. The molecule has 2 aliphatic rings. The Morgan fingerprint density at radius 2 is 2.24 bits per heavy atom. The van der Waals surface area contributed by atoms with E-state index in [0.29, 0.717) is 18.4 Å². The van der Waals surface area contributed by atoms with Crippen LogP contribution in [0, 0.1) is 0 Å². The Morgan fingerprint density at radius 3 is 3.00 bits per heavy atom. The maximum Gasteiger partial charge on any atom is 0.224 e. The number of nitrogens with one attached hydrogen (secondary N) is 1. The summed E-state index contributed by atoms with van der Waals surface area (Å²) >= 11 is 1.82. The van der Waals surface area contributed by atoms with Gasteiger partial charge in [0.25, 0.3) is 0 Å². The van der Waals surface area contributed by atoms with Crippen LogP contribution in [0.4, 0.5) is 0 Å². The van der Waals surface area contributed by atoms with Crippen LogP contribution in [0.15, 0.2) is 17.5 Å². The molecule has 2 aliphatic heterocycles. The first-order valence-electron chi connectivity index (χ1n) is 8.07. The highest BCUT2D eigenvalue weighted by atomic mass is 32.1. The molecule has 3 rings (SSSR count). The second-order valence-corrected chi connectivity index (χ2v) is 7.12. The highest BCUT2D eigenvalue weighted by Crippen LogP contribution is 2.15. The molecule has 1 N–H and O–H groups in total. The predicted octanol–water partition coefficient (Wildman–Crippen LogP) is 1.92. The minimum Gasteiger partial charge on any atom is -0.341 e. The molecule has 3 heterocycles. The molecule has 0 saturated carbocycles. The summed E-state index contributed by atoms with van der Waals surface area (Å²) in [5.74, 6) is 0.340. The van der Waals surface area contributed by atoms with Gasteiger partial charge in [-0.15, -0.1) is 11.3 Å². The van der Waals surface area contributed by atoms with Gasteiger partial charge < -0.3 is 10.2 Å². The van der Waals surface area contributed by atoms with Crippen LogP contribution in [0.3, 0.4) is 0 Å². The smallest absolute Gasteiger partial charge is 0.224 e. The molecular formula is C16H25N3OS. The fraction of sp³-hybridized carbons (Fsp3) is 0.688. The number of rotatable bonds is 4. The number of hydrogen-bond donors (Lipinski definition) is 1. The third-order valence-electron chi connectivity index (χ3n) is 4.48. The van der Waals surface area contributed by atoms with E-state index in [0.717, 1.165) is 52.1 Å². The van der Waals surface area contributed by atoms with Gasteiger partial charge in [0.05, 0.1) is 0 Å². The van der Waals surface area contributed by atoms with E-state index < -0.39 is 0 Å². The zero-order chi connectivity index (χ0) is 14.5. The van der Waals surface area contributed by atoms with Crippen molar-refractivity contribution in [2.45, 2.75) is 38.3 Å². The third-order valence-corrected chi connectivity index (χ3v) is 5.35. The summed E-state index contributed by atoms with van der Waals surface area (Å²) in [4.78, 5) is 18.4. The SMILES string of the molecule is O=C(CC1CCCN1)N1CCCN(Cc2cccs2)CC1. The Balaban J connectivity index is 1.47. The van der Waals surface area contributed by atoms with Crippen LogP contribution in [0.2, 0.25) is 0 Å². The van der Waals surface area contributed by atoms with Gasteiger partial charge in [-0.2, -0.15) is 0 Å². The van der Waals surface area contributed by atoms with Crippen LogP contribution in [-0.2, 0) is 11.3 Å². The lowest BCUT2D eigenvalue weighted by Gasteiger charge is -2.23. The monoisotopic (exact) mass is 307 g/mol. The number of carbonyl (C=O) groups excluding carboxylic acids is 1. The van der Waals surface area contributed by atoms with Crippen molar-refractivity contribution in [1.29, 1.82) is 0 Å². The third kappa shape index (κ3) is 4.28. The van der Waals surface area contributed by atoms with E-state index in [9.17, 15) is 4.79 Å². The van der Waals surface area contributed by atoms with Crippen molar-refractivity contribution in [1.82, 2.24) is 15.1 Å². The lowest BCUT2D eigenvalue weighted by atomic mass is 10.1. The summed E-state index contributed by atoms with van der Waals surface area (Å²) in [6, 6.07) is 4.73. The maximum absolute atomic E-state index is 12.4. The van der Waals surface area contributed by atoms with Crippen molar-refractivity contribution in [2.75, 3.05) is 32.7 Å². The van der Waals surface area contributed by atoms with Crippen LogP contribution in [0.5, 0.6) is 0 Å². The molecule has 21 heavy (non-hydrogen) atoms. The Bertz CT molecular complexity index is 442. The van der Waals surface area contributed by atoms with E-state index in [1.807, 2.05) is 11.3 Å². The lowest BCUT2D eigenvalue weighted by molar-refractivity contribution is -0.131. The molecule has 1 aromatic heterocycles. The normalized spacial score (nSPS) is 24.2. The van der Waals surface area contributed by atoms with Gasteiger partial charge in [-0.05, 0) is 37.3 Å². The first-order valence-corrected chi connectivity index (χ1v) is 8.95. The van der Waals surface area contributed by atoms with E-state index in [2.05, 4.69) is 32.6 Å². The summed E-state index contributed by atoms with van der Waals surface area (Å²) < 4.78 is 0. The first kappa shape index (κ1) is 15.0. The highest BCUT2D eigenvalue weighted by Gasteiger charge is 2.23. The van der Waals surface area contributed by atoms with Gasteiger partial charge >= 0.3 is 0 Å². The molecule has 1 unspecified atom stereocenters. The fourth-order valence-corrected chi connectivity index (χ4v) is 4.02. The fourth-order valence-electron chi connectivity index (χ4n) is 3.27. The molecule has 0 radical (unpaired) electrons. The van der Waals surface area contributed by atoms with Crippen LogP contribution in [0.25, 0.3) is 0 Å². The number of hydrogen-bond acceptors (Lipinski definition) is 4. The number of thiophene rings is 1. The zero-order valence-electron chi connectivity index (χ0n) is 12.6. The number of carbonyl (C=O) groups is 1. The van der Waals surface area contributed by atoms with Gasteiger partial charge in [0.2, 0.25) is 5.91 Å². The molecule has 116 valence electrons. The summed E-state index contributed by atoms with van der Waals surface area (Å²) in [6.45, 7) is 6.02. The molecule has 2 fully saturated rings. The van der Waals surface area contributed by atoms with Crippen LogP contribution in [0.1, 0.15) is 30.6 Å². The Morgan fingerprint density at radius 1 is 1.29 bits per heavy atom. The van der Waals surface area contributed by atoms with E-state index in [1.54, 1.807) is 0 Å². The molecule has 2 saturated heterocycles. The average Bonchev–Trinajstić information content (AvgIpc) is 3.11. The van der Waals surface area contributed by atoms with Gasteiger partial charge in [0, 0.05) is 50.1 Å². The van der Waals surface area contributed by atoms with Gasteiger partial charge in [0.1, 0.15) is 0 Å².